The van der Waals surface area contributed by atoms with Gasteiger partial charge < -0.3 is 9.73 Å². The fourth-order valence-corrected chi connectivity index (χ4v) is 2.73. The van der Waals surface area contributed by atoms with Gasteiger partial charge in [0.05, 0.1) is 12.0 Å². The standard InChI is InChI=1S/C15H22ClN3O/c1-5-7-17-14(12-6-8-20-11(12)3)9-13-10(2)18-19(4)15(13)16/h6,8,14,17H,5,7,9H2,1-4H3. The van der Waals surface area contributed by atoms with Gasteiger partial charge in [0.2, 0.25) is 0 Å². The van der Waals surface area contributed by atoms with Crippen LogP contribution in [0.2, 0.25) is 5.15 Å². The Kier molecular flexibility index (Phi) is 4.89. The van der Waals surface area contributed by atoms with Crippen LogP contribution in [-0.4, -0.2) is 16.3 Å². The number of aryl methyl sites for hydroxylation is 3. The molecule has 5 heteroatoms. The number of halogens is 1. The number of nitrogens with zero attached hydrogens (tertiary/aromatic N) is 2. The van der Waals surface area contributed by atoms with Crippen LogP contribution in [0, 0.1) is 13.8 Å². The molecule has 0 bridgehead atoms. The molecule has 0 fully saturated rings. The van der Waals surface area contributed by atoms with E-state index in [-0.39, 0.29) is 6.04 Å². The fourth-order valence-electron chi connectivity index (χ4n) is 2.48. The third kappa shape index (κ3) is 3.07. The first-order chi connectivity index (χ1) is 9.54. The number of aromatic nitrogens is 2. The Morgan fingerprint density at radius 3 is 2.70 bits per heavy atom. The largest absolute Gasteiger partial charge is 0.469 e. The van der Waals surface area contributed by atoms with Crippen molar-refractivity contribution >= 4 is 11.6 Å². The highest BCUT2D eigenvalue weighted by molar-refractivity contribution is 6.30. The zero-order valence-electron chi connectivity index (χ0n) is 12.5. The summed E-state index contributed by atoms with van der Waals surface area (Å²) in [5, 5.41) is 8.67. The summed E-state index contributed by atoms with van der Waals surface area (Å²) >= 11 is 6.34. The Hall–Kier alpha value is -1.26. The number of hydrogen-bond donors (Lipinski definition) is 1. The summed E-state index contributed by atoms with van der Waals surface area (Å²) < 4.78 is 7.16. The summed E-state index contributed by atoms with van der Waals surface area (Å²) in [6, 6.07) is 2.23. The van der Waals surface area contributed by atoms with Crippen molar-refractivity contribution < 1.29 is 4.42 Å². The number of furan rings is 1. The molecule has 0 saturated carbocycles. The highest BCUT2D eigenvalue weighted by Gasteiger charge is 2.20. The molecular weight excluding hydrogens is 274 g/mol. The van der Waals surface area contributed by atoms with E-state index in [0.29, 0.717) is 5.15 Å². The summed E-state index contributed by atoms with van der Waals surface area (Å²) in [5.74, 6) is 0.955. The molecule has 0 aliphatic rings. The minimum atomic E-state index is 0.203. The molecule has 2 rings (SSSR count). The SMILES string of the molecule is CCCNC(Cc1c(C)nn(C)c1Cl)c1ccoc1C. The second-order valence-corrected chi connectivity index (χ2v) is 5.48. The maximum absolute atomic E-state index is 6.34. The molecule has 2 aromatic rings. The first-order valence-electron chi connectivity index (χ1n) is 7.00. The monoisotopic (exact) mass is 295 g/mol. The molecule has 0 spiro atoms. The summed E-state index contributed by atoms with van der Waals surface area (Å²) in [6.45, 7) is 7.12. The second kappa shape index (κ2) is 6.46. The van der Waals surface area contributed by atoms with Crippen molar-refractivity contribution in [2.24, 2.45) is 7.05 Å². The topological polar surface area (TPSA) is 43.0 Å². The van der Waals surface area contributed by atoms with Crippen molar-refractivity contribution in [1.29, 1.82) is 0 Å². The summed E-state index contributed by atoms with van der Waals surface area (Å²) in [4.78, 5) is 0. The number of hydrogen-bond acceptors (Lipinski definition) is 3. The first-order valence-corrected chi connectivity index (χ1v) is 7.37. The minimum absolute atomic E-state index is 0.203. The second-order valence-electron chi connectivity index (χ2n) is 5.12. The van der Waals surface area contributed by atoms with E-state index in [1.807, 2.05) is 27.0 Å². The Morgan fingerprint density at radius 1 is 1.45 bits per heavy atom. The van der Waals surface area contributed by atoms with Crippen LogP contribution in [0.3, 0.4) is 0 Å². The zero-order valence-corrected chi connectivity index (χ0v) is 13.3. The van der Waals surface area contributed by atoms with Crippen molar-refractivity contribution in [2.75, 3.05) is 6.54 Å². The normalized spacial score (nSPS) is 12.8. The van der Waals surface area contributed by atoms with E-state index in [1.165, 1.54) is 5.56 Å². The van der Waals surface area contributed by atoms with E-state index in [4.69, 9.17) is 16.0 Å². The lowest BCUT2D eigenvalue weighted by Crippen LogP contribution is -2.24. The molecule has 1 atom stereocenters. The number of nitrogens with one attached hydrogen (secondary N) is 1. The molecule has 0 radical (unpaired) electrons. The minimum Gasteiger partial charge on any atom is -0.469 e. The molecule has 110 valence electrons. The molecule has 0 aliphatic carbocycles. The van der Waals surface area contributed by atoms with Gasteiger partial charge in [0.15, 0.2) is 0 Å². The Bertz CT molecular complexity index is 574. The molecule has 0 aromatic carbocycles. The van der Waals surface area contributed by atoms with E-state index in [2.05, 4.69) is 17.3 Å². The Balaban J connectivity index is 2.26. The molecule has 2 heterocycles. The van der Waals surface area contributed by atoms with Gasteiger partial charge in [-0.2, -0.15) is 5.10 Å². The van der Waals surface area contributed by atoms with Gasteiger partial charge in [-0.25, -0.2) is 0 Å². The maximum Gasteiger partial charge on any atom is 0.130 e. The van der Waals surface area contributed by atoms with Crippen LogP contribution >= 0.6 is 11.6 Å². The Morgan fingerprint density at radius 2 is 2.20 bits per heavy atom. The van der Waals surface area contributed by atoms with Gasteiger partial charge in [-0.1, -0.05) is 18.5 Å². The summed E-state index contributed by atoms with van der Waals surface area (Å²) in [5.41, 5.74) is 3.28. The van der Waals surface area contributed by atoms with E-state index < -0.39 is 0 Å². The molecule has 2 aromatic heterocycles. The van der Waals surface area contributed by atoms with Crippen LogP contribution < -0.4 is 5.32 Å². The molecular formula is C15H22ClN3O. The smallest absolute Gasteiger partial charge is 0.130 e. The zero-order chi connectivity index (χ0) is 14.7. The molecule has 0 aliphatic heterocycles. The quantitative estimate of drug-likeness (QED) is 0.886. The highest BCUT2D eigenvalue weighted by Crippen LogP contribution is 2.27. The average Bonchev–Trinajstić information content (AvgIpc) is 2.93. The van der Waals surface area contributed by atoms with E-state index in [0.717, 1.165) is 36.4 Å². The van der Waals surface area contributed by atoms with Crippen LogP contribution in [0.5, 0.6) is 0 Å². The van der Waals surface area contributed by atoms with E-state index in [9.17, 15) is 0 Å². The summed E-state index contributed by atoms with van der Waals surface area (Å²) in [7, 11) is 1.87. The van der Waals surface area contributed by atoms with Crippen molar-refractivity contribution in [3.05, 3.63) is 40.1 Å². The van der Waals surface area contributed by atoms with Gasteiger partial charge in [-0.15, -0.1) is 0 Å². The van der Waals surface area contributed by atoms with Crippen molar-refractivity contribution in [3.63, 3.8) is 0 Å². The first kappa shape index (κ1) is 15.1. The van der Waals surface area contributed by atoms with Gasteiger partial charge >= 0.3 is 0 Å². The van der Waals surface area contributed by atoms with Gasteiger partial charge in [0.25, 0.3) is 0 Å². The van der Waals surface area contributed by atoms with Crippen LogP contribution in [0.25, 0.3) is 0 Å². The lowest BCUT2D eigenvalue weighted by molar-refractivity contribution is 0.493. The van der Waals surface area contributed by atoms with Crippen LogP contribution in [-0.2, 0) is 13.5 Å². The van der Waals surface area contributed by atoms with Crippen LogP contribution in [0.4, 0.5) is 0 Å². The van der Waals surface area contributed by atoms with E-state index in [1.54, 1.807) is 10.9 Å². The van der Waals surface area contributed by atoms with Crippen LogP contribution in [0.1, 0.15) is 42.0 Å². The lowest BCUT2D eigenvalue weighted by atomic mass is 9.99. The van der Waals surface area contributed by atoms with Crippen molar-refractivity contribution in [3.8, 4) is 0 Å². The van der Waals surface area contributed by atoms with Gasteiger partial charge in [-0.3, -0.25) is 4.68 Å². The highest BCUT2D eigenvalue weighted by atomic mass is 35.5. The predicted octanol–water partition coefficient (Wildman–Crippen LogP) is 3.57. The third-order valence-corrected chi connectivity index (χ3v) is 4.07. The molecule has 0 amide bonds. The number of rotatable bonds is 6. The fraction of sp³-hybridized carbons (Fsp3) is 0.533. The average molecular weight is 296 g/mol. The lowest BCUT2D eigenvalue weighted by Gasteiger charge is -2.18. The van der Waals surface area contributed by atoms with Gasteiger partial charge in [0.1, 0.15) is 10.9 Å². The molecule has 0 saturated heterocycles. The molecule has 20 heavy (non-hydrogen) atoms. The summed E-state index contributed by atoms with van der Waals surface area (Å²) in [6.07, 6.45) is 3.65. The Labute approximate surface area is 125 Å². The molecule has 1 N–H and O–H groups in total. The van der Waals surface area contributed by atoms with Crippen LogP contribution in [0.15, 0.2) is 16.7 Å². The van der Waals surface area contributed by atoms with Crippen molar-refractivity contribution in [1.82, 2.24) is 15.1 Å². The van der Waals surface area contributed by atoms with Crippen molar-refractivity contribution in [2.45, 2.75) is 39.7 Å². The molecule has 1 unspecified atom stereocenters. The predicted molar refractivity (Wildman–Crippen MR) is 81.1 cm³/mol. The third-order valence-electron chi connectivity index (χ3n) is 3.59. The maximum atomic E-state index is 6.34. The van der Waals surface area contributed by atoms with Gasteiger partial charge in [0, 0.05) is 24.2 Å². The van der Waals surface area contributed by atoms with E-state index >= 15 is 0 Å². The van der Waals surface area contributed by atoms with Gasteiger partial charge in [-0.05, 0) is 39.3 Å². The molecule has 4 nitrogen and oxygen atoms in total.